The molecule has 1 saturated heterocycles. The highest BCUT2D eigenvalue weighted by Gasteiger charge is 2.22. The normalized spacial score (nSPS) is 13.4. The monoisotopic (exact) mass is 411 g/mol. The van der Waals surface area contributed by atoms with Crippen molar-refractivity contribution in [1.29, 1.82) is 0 Å². The summed E-state index contributed by atoms with van der Waals surface area (Å²) in [6.07, 6.45) is 5.31. The topological polar surface area (TPSA) is 68.5 Å². The molecule has 3 heterocycles. The maximum absolute atomic E-state index is 12.0. The molecule has 0 spiro atoms. The first-order chi connectivity index (χ1) is 13.6. The number of ether oxygens (including phenoxy) is 1. The van der Waals surface area contributed by atoms with Gasteiger partial charge in [0.15, 0.2) is 22.9 Å². The Morgan fingerprint density at radius 3 is 2.29 bits per heavy atom. The lowest BCUT2D eigenvalue weighted by Crippen LogP contribution is -2.36. The summed E-state index contributed by atoms with van der Waals surface area (Å²) >= 11 is 5.99. The molecule has 3 rings (SSSR count). The van der Waals surface area contributed by atoms with E-state index in [9.17, 15) is 4.79 Å². The van der Waals surface area contributed by atoms with E-state index in [-0.39, 0.29) is 11.1 Å². The van der Waals surface area contributed by atoms with Crippen LogP contribution in [0.5, 0.6) is 0 Å². The van der Waals surface area contributed by atoms with Crippen molar-refractivity contribution < 1.29 is 13.9 Å². The van der Waals surface area contributed by atoms with Gasteiger partial charge in [-0.15, -0.1) is 0 Å². The third-order valence-corrected chi connectivity index (χ3v) is 4.27. The summed E-state index contributed by atoms with van der Waals surface area (Å²) < 4.78 is 11.0. The van der Waals surface area contributed by atoms with Gasteiger partial charge in [0, 0.05) is 25.6 Å². The van der Waals surface area contributed by atoms with E-state index in [0.29, 0.717) is 55.4 Å². The molecule has 7 heteroatoms. The van der Waals surface area contributed by atoms with Gasteiger partial charge < -0.3 is 14.1 Å². The number of unbranched alkanes of at least 4 members (excludes halogenated alkanes) is 2. The van der Waals surface area contributed by atoms with Crippen molar-refractivity contribution in [2.75, 3.05) is 31.2 Å². The average Bonchev–Trinajstić information content (AvgIpc) is 3.15. The number of fused-ring (bicyclic) bond motifs is 1. The number of hydrogen-bond acceptors (Lipinski definition) is 6. The number of halogens is 1. The second-order valence-corrected chi connectivity index (χ2v) is 6.61. The van der Waals surface area contributed by atoms with E-state index >= 15 is 0 Å². The summed E-state index contributed by atoms with van der Waals surface area (Å²) in [5, 5.41) is 0.152. The summed E-state index contributed by atoms with van der Waals surface area (Å²) in [5.41, 5.74) is 1.08. The van der Waals surface area contributed by atoms with Crippen molar-refractivity contribution in [2.45, 2.75) is 66.7 Å². The Balaban J connectivity index is 0.000000490. The van der Waals surface area contributed by atoms with Gasteiger partial charge in [0.1, 0.15) is 5.52 Å². The molecule has 0 N–H and O–H groups in total. The number of aromatic nitrogens is 2. The molecule has 0 aliphatic carbocycles. The van der Waals surface area contributed by atoms with E-state index in [1.165, 1.54) is 19.3 Å². The minimum absolute atomic E-state index is 0.0282. The fourth-order valence-corrected chi connectivity index (χ4v) is 2.89. The predicted molar refractivity (Wildman–Crippen MR) is 116 cm³/mol. The molecule has 0 bridgehead atoms. The van der Waals surface area contributed by atoms with Crippen LogP contribution in [0.4, 0.5) is 5.82 Å². The molecule has 1 fully saturated rings. The second kappa shape index (κ2) is 13.5. The summed E-state index contributed by atoms with van der Waals surface area (Å²) in [5.74, 6) is 0.918. The van der Waals surface area contributed by atoms with E-state index < -0.39 is 0 Å². The van der Waals surface area contributed by atoms with Gasteiger partial charge in [0.05, 0.1) is 13.2 Å². The van der Waals surface area contributed by atoms with Crippen molar-refractivity contribution in [1.82, 2.24) is 9.97 Å². The first-order valence-corrected chi connectivity index (χ1v) is 10.8. The van der Waals surface area contributed by atoms with E-state index in [4.69, 9.17) is 20.8 Å². The van der Waals surface area contributed by atoms with E-state index in [1.807, 2.05) is 25.7 Å². The molecular weight excluding hydrogens is 378 g/mol. The van der Waals surface area contributed by atoms with Crippen molar-refractivity contribution >= 4 is 34.3 Å². The first-order valence-electron chi connectivity index (χ1n) is 10.4. The van der Waals surface area contributed by atoms with Crippen molar-refractivity contribution in [3.63, 3.8) is 0 Å². The zero-order valence-electron chi connectivity index (χ0n) is 17.9. The molecule has 0 aromatic carbocycles. The SMILES string of the molecule is CC.CCCC(=O)c1cc2nc(Cl)nc(N3CCOCC3)c2o1.CCCCC. The molecular formula is C21H34ClN3O3. The van der Waals surface area contributed by atoms with E-state index in [2.05, 4.69) is 23.8 Å². The molecule has 0 radical (unpaired) electrons. The molecule has 6 nitrogen and oxygen atoms in total. The minimum Gasteiger partial charge on any atom is -0.447 e. The lowest BCUT2D eigenvalue weighted by atomic mass is 10.2. The highest BCUT2D eigenvalue weighted by Crippen LogP contribution is 2.29. The third-order valence-electron chi connectivity index (χ3n) is 4.10. The van der Waals surface area contributed by atoms with Crippen LogP contribution >= 0.6 is 11.6 Å². The Bertz CT molecular complexity index is 710. The molecule has 158 valence electrons. The Labute approximate surface area is 173 Å². The summed E-state index contributed by atoms with van der Waals surface area (Å²) in [4.78, 5) is 22.4. The number of rotatable bonds is 6. The van der Waals surface area contributed by atoms with Gasteiger partial charge in [-0.25, -0.2) is 4.98 Å². The third kappa shape index (κ3) is 7.06. The lowest BCUT2D eigenvalue weighted by molar-refractivity contribution is 0.0957. The van der Waals surface area contributed by atoms with Crippen molar-refractivity contribution in [2.24, 2.45) is 0 Å². The molecule has 2 aromatic heterocycles. The maximum Gasteiger partial charge on any atom is 0.225 e. The number of carbonyl (C=O) groups excluding carboxylic acids is 1. The molecule has 0 atom stereocenters. The predicted octanol–water partition coefficient (Wildman–Crippen LogP) is 5.92. The van der Waals surface area contributed by atoms with Gasteiger partial charge in [-0.3, -0.25) is 4.79 Å². The van der Waals surface area contributed by atoms with E-state index in [1.54, 1.807) is 6.07 Å². The van der Waals surface area contributed by atoms with Gasteiger partial charge >= 0.3 is 0 Å². The average molecular weight is 412 g/mol. The molecule has 0 saturated carbocycles. The second-order valence-electron chi connectivity index (χ2n) is 6.27. The zero-order valence-corrected chi connectivity index (χ0v) is 18.6. The number of hydrogen-bond donors (Lipinski definition) is 0. The maximum atomic E-state index is 12.0. The van der Waals surface area contributed by atoms with Crippen LogP contribution in [0, 0.1) is 0 Å². The van der Waals surface area contributed by atoms with Crippen molar-refractivity contribution in [3.8, 4) is 0 Å². The van der Waals surface area contributed by atoms with Gasteiger partial charge in [0.25, 0.3) is 0 Å². The number of anilines is 1. The number of Topliss-reactive ketones (excluding diaryl/α,β-unsaturated/α-hetero) is 1. The molecule has 1 aliphatic heterocycles. The highest BCUT2D eigenvalue weighted by atomic mass is 35.5. The number of carbonyl (C=O) groups is 1. The van der Waals surface area contributed by atoms with Crippen LogP contribution in [0.1, 0.15) is 77.3 Å². The van der Waals surface area contributed by atoms with Crippen LogP contribution in [0.3, 0.4) is 0 Å². The highest BCUT2D eigenvalue weighted by molar-refractivity contribution is 6.28. The summed E-state index contributed by atoms with van der Waals surface area (Å²) in [6.45, 7) is 13.1. The molecule has 28 heavy (non-hydrogen) atoms. The number of morpholine rings is 1. The number of nitrogens with zero attached hydrogens (tertiary/aromatic N) is 3. The summed E-state index contributed by atoms with van der Waals surface area (Å²) in [6, 6.07) is 1.64. The fourth-order valence-electron chi connectivity index (χ4n) is 2.72. The minimum atomic E-state index is -0.0282. The van der Waals surface area contributed by atoms with Gasteiger partial charge in [0.2, 0.25) is 5.28 Å². The Morgan fingerprint density at radius 2 is 1.75 bits per heavy atom. The van der Waals surface area contributed by atoms with Crippen LogP contribution < -0.4 is 4.90 Å². The number of ketones is 1. The Hall–Kier alpha value is -1.66. The van der Waals surface area contributed by atoms with Gasteiger partial charge in [-0.2, -0.15) is 4.98 Å². The molecule has 2 aromatic rings. The van der Waals surface area contributed by atoms with E-state index in [0.717, 1.165) is 6.42 Å². The Morgan fingerprint density at radius 1 is 1.11 bits per heavy atom. The van der Waals surface area contributed by atoms with Crippen LogP contribution in [0.15, 0.2) is 10.5 Å². The van der Waals surface area contributed by atoms with Crippen LogP contribution in [0.25, 0.3) is 11.1 Å². The van der Waals surface area contributed by atoms with Crippen LogP contribution in [0.2, 0.25) is 5.28 Å². The van der Waals surface area contributed by atoms with Crippen LogP contribution in [-0.2, 0) is 4.74 Å². The first kappa shape index (κ1) is 24.4. The largest absolute Gasteiger partial charge is 0.447 e. The smallest absolute Gasteiger partial charge is 0.225 e. The van der Waals surface area contributed by atoms with Crippen LogP contribution in [-0.4, -0.2) is 42.1 Å². The zero-order chi connectivity index (χ0) is 20.9. The molecule has 1 aliphatic rings. The summed E-state index contributed by atoms with van der Waals surface area (Å²) in [7, 11) is 0. The van der Waals surface area contributed by atoms with Gasteiger partial charge in [-0.1, -0.05) is 53.9 Å². The lowest BCUT2D eigenvalue weighted by Gasteiger charge is -2.27. The quantitative estimate of drug-likeness (QED) is 0.434. The fraction of sp³-hybridized carbons (Fsp3) is 0.667. The van der Waals surface area contributed by atoms with Gasteiger partial charge in [-0.05, 0) is 18.0 Å². The number of furan rings is 1. The molecule has 0 unspecified atom stereocenters. The molecule has 0 amide bonds. The standard InChI is InChI=1S/C14H16ClN3O3.C5H12.C2H6/c1-2-3-10(19)11-8-9-12(21-11)13(17-14(15)16-9)18-4-6-20-7-5-18;1-3-5-4-2;1-2/h8H,2-7H2,1H3;3-5H2,1-2H3;1-2H3. The van der Waals surface area contributed by atoms with Crippen molar-refractivity contribution in [3.05, 3.63) is 17.1 Å². The Kier molecular flexibility index (Phi) is 11.8.